The summed E-state index contributed by atoms with van der Waals surface area (Å²) in [6.07, 6.45) is 5.45. The number of H-pyrrole nitrogens is 1. The van der Waals surface area contributed by atoms with Crippen molar-refractivity contribution in [2.24, 2.45) is 0 Å². The van der Waals surface area contributed by atoms with Gasteiger partial charge in [0.1, 0.15) is 11.9 Å². The van der Waals surface area contributed by atoms with Crippen LogP contribution in [0.15, 0.2) is 92.9 Å². The summed E-state index contributed by atoms with van der Waals surface area (Å²) in [6, 6.07) is 22.5. The van der Waals surface area contributed by atoms with Crippen molar-refractivity contribution in [3.05, 3.63) is 121 Å². The minimum atomic E-state index is -1.77. The highest BCUT2D eigenvalue weighted by molar-refractivity contribution is 7.12. The predicted molar refractivity (Wildman–Crippen MR) is 206 cm³/mol. The van der Waals surface area contributed by atoms with Gasteiger partial charge in [-0.2, -0.15) is 4.98 Å². The summed E-state index contributed by atoms with van der Waals surface area (Å²) >= 11 is 2.71. The van der Waals surface area contributed by atoms with Crippen LogP contribution < -0.4 is 10.9 Å². The molecule has 4 heterocycles. The van der Waals surface area contributed by atoms with Crippen LogP contribution in [0.5, 0.6) is 5.75 Å². The highest BCUT2D eigenvalue weighted by Gasteiger charge is 2.45. The van der Waals surface area contributed by atoms with Gasteiger partial charge in [0, 0.05) is 36.0 Å². The smallest absolute Gasteiger partial charge is 0.349 e. The van der Waals surface area contributed by atoms with E-state index in [2.05, 4.69) is 44.5 Å². The van der Waals surface area contributed by atoms with Crippen molar-refractivity contribution in [3.8, 4) is 17.1 Å². The molecule has 1 saturated carbocycles. The maximum Gasteiger partial charge on any atom is 0.349 e. The normalized spacial score (nSPS) is 16.4. The van der Waals surface area contributed by atoms with Crippen LogP contribution in [0.1, 0.15) is 58.9 Å². The molecule has 0 bridgehead atoms. The number of esters is 1. The Balaban J connectivity index is 0.823. The maximum absolute atomic E-state index is 13.4. The molecule has 4 N–H and O–H groups in total. The molecule has 0 atom stereocenters. The van der Waals surface area contributed by atoms with Crippen molar-refractivity contribution in [2.45, 2.75) is 69.2 Å². The Morgan fingerprint density at radius 3 is 2.43 bits per heavy atom. The lowest BCUT2D eigenvalue weighted by molar-refractivity contribution is -0.169. The average Bonchev–Trinajstić information content (AvgIpc) is 3.99. The number of nitrogens with one attached hydrogen (secondary N) is 2. The maximum atomic E-state index is 13.4. The number of aliphatic hydroxyl groups is 1. The van der Waals surface area contributed by atoms with E-state index in [4.69, 9.17) is 9.26 Å². The molecule has 0 saturated heterocycles. The van der Waals surface area contributed by atoms with E-state index in [1.165, 1.54) is 28.7 Å². The first-order valence-corrected chi connectivity index (χ1v) is 19.7. The Hall–Kier alpha value is -4.66. The highest BCUT2D eigenvalue weighted by atomic mass is 32.1. The van der Waals surface area contributed by atoms with Crippen molar-refractivity contribution in [1.82, 2.24) is 25.3 Å². The topological polar surface area (TPSA) is 154 Å². The predicted octanol–water partition coefficient (Wildman–Crippen LogP) is 6.39. The molecule has 1 fully saturated rings. The van der Waals surface area contributed by atoms with Gasteiger partial charge in [0.05, 0.1) is 15.3 Å². The van der Waals surface area contributed by atoms with Crippen LogP contribution in [0, 0.1) is 0 Å². The van der Waals surface area contributed by atoms with E-state index >= 15 is 0 Å². The highest BCUT2D eigenvalue weighted by Crippen LogP contribution is 2.38. The van der Waals surface area contributed by atoms with Crippen molar-refractivity contribution in [2.75, 3.05) is 20.1 Å². The lowest BCUT2D eigenvalue weighted by Gasteiger charge is -2.35. The Labute approximate surface area is 315 Å². The number of hydrogen-bond donors (Lipinski definition) is 4. The second-order valence-electron chi connectivity index (χ2n) is 13.6. The molecule has 7 rings (SSSR count). The van der Waals surface area contributed by atoms with Crippen LogP contribution in [0.4, 0.5) is 0 Å². The minimum absolute atomic E-state index is 0.0695. The number of carbonyl (C=O) groups is 1. The number of hydrogen-bond acceptors (Lipinski definition) is 12. The zero-order valence-corrected chi connectivity index (χ0v) is 31.1. The second-order valence-corrected chi connectivity index (χ2v) is 15.5. The number of pyridine rings is 1. The molecule has 0 spiro atoms. The van der Waals surface area contributed by atoms with Crippen LogP contribution in [-0.2, 0) is 34.5 Å². The number of benzene rings is 2. The number of fused-ring (bicyclic) bond motifs is 1. The molecule has 1 aliphatic rings. The number of carbonyl (C=O) groups excluding carboxylic acids is 1. The zero-order chi connectivity index (χ0) is 36.8. The molecule has 13 heteroatoms. The van der Waals surface area contributed by atoms with Crippen LogP contribution in [-0.4, -0.2) is 68.5 Å². The van der Waals surface area contributed by atoms with Gasteiger partial charge in [0.2, 0.25) is 22.9 Å². The Morgan fingerprint density at radius 2 is 1.74 bits per heavy atom. The molecule has 2 aromatic carbocycles. The van der Waals surface area contributed by atoms with E-state index in [9.17, 15) is 19.8 Å². The lowest BCUT2D eigenvalue weighted by atomic mass is 9.91. The van der Waals surface area contributed by atoms with Gasteiger partial charge in [-0.05, 0) is 105 Å². The molecule has 11 nitrogen and oxygen atoms in total. The van der Waals surface area contributed by atoms with Gasteiger partial charge in [-0.1, -0.05) is 47.6 Å². The number of ether oxygens (including phenoxy) is 1. The summed E-state index contributed by atoms with van der Waals surface area (Å²) < 4.78 is 11.5. The monoisotopic (exact) mass is 753 g/mol. The molecular weight excluding hydrogens is 711 g/mol. The Bertz CT molecular complexity index is 2120. The summed E-state index contributed by atoms with van der Waals surface area (Å²) in [4.78, 5) is 35.9. The van der Waals surface area contributed by atoms with E-state index in [-0.39, 0.29) is 17.4 Å². The van der Waals surface area contributed by atoms with Crippen molar-refractivity contribution in [3.63, 3.8) is 0 Å². The molecule has 0 radical (unpaired) electrons. The number of rotatable bonds is 15. The summed E-state index contributed by atoms with van der Waals surface area (Å²) in [5, 5.41) is 33.9. The fourth-order valence-electron chi connectivity index (χ4n) is 7.01. The third-order valence-electron chi connectivity index (χ3n) is 10.0. The van der Waals surface area contributed by atoms with Crippen molar-refractivity contribution < 1.29 is 24.3 Å². The molecule has 1 aliphatic carbocycles. The number of aromatic amines is 1. The zero-order valence-electron chi connectivity index (χ0n) is 29.5. The second kappa shape index (κ2) is 16.6. The molecular formula is C40H43N5O6S2. The number of aromatic nitrogens is 3. The third kappa shape index (κ3) is 8.45. The van der Waals surface area contributed by atoms with E-state index in [1.54, 1.807) is 24.3 Å². The SMILES string of the molecule is CN(CCCc1nc(-c2ccc(CNCCc3ccc(O)c4[nH]c(=O)ccc34)cc2)no1)C1CCC(OC(=O)C(O)(c2cccs2)c2cccs2)CC1. The van der Waals surface area contributed by atoms with Crippen molar-refractivity contribution >= 4 is 39.5 Å². The first-order chi connectivity index (χ1) is 25.8. The van der Waals surface area contributed by atoms with Gasteiger partial charge in [-0.15, -0.1) is 22.7 Å². The number of aromatic hydroxyl groups is 1. The molecule has 0 amide bonds. The van der Waals surface area contributed by atoms with Gasteiger partial charge in [-0.3, -0.25) is 4.79 Å². The van der Waals surface area contributed by atoms with Gasteiger partial charge in [0.25, 0.3) is 0 Å². The summed E-state index contributed by atoms with van der Waals surface area (Å²) in [5.41, 5.74) is 1.53. The van der Waals surface area contributed by atoms with Crippen LogP contribution in [0.2, 0.25) is 0 Å². The quantitative estimate of drug-likeness (QED) is 0.0685. The average molecular weight is 754 g/mol. The molecule has 4 aromatic heterocycles. The Kier molecular flexibility index (Phi) is 11.5. The summed E-state index contributed by atoms with van der Waals surface area (Å²) in [5.74, 6) is 0.660. The van der Waals surface area contributed by atoms with E-state index in [1.807, 2.05) is 41.1 Å². The molecule has 6 aromatic rings. The summed E-state index contributed by atoms with van der Waals surface area (Å²) in [7, 11) is 2.14. The first-order valence-electron chi connectivity index (χ1n) is 18.0. The molecule has 0 unspecified atom stereocenters. The van der Waals surface area contributed by atoms with Crippen LogP contribution >= 0.6 is 22.7 Å². The van der Waals surface area contributed by atoms with Gasteiger partial charge in [-0.25, -0.2) is 4.79 Å². The van der Waals surface area contributed by atoms with E-state index in [0.717, 1.165) is 73.7 Å². The number of aryl methyl sites for hydroxylation is 1. The van der Waals surface area contributed by atoms with Crippen LogP contribution in [0.3, 0.4) is 0 Å². The van der Waals surface area contributed by atoms with Gasteiger partial charge >= 0.3 is 5.97 Å². The number of phenols is 1. The van der Waals surface area contributed by atoms with Gasteiger partial charge < -0.3 is 34.7 Å². The lowest BCUT2D eigenvalue weighted by Crippen LogP contribution is -2.42. The fourth-order valence-corrected chi connectivity index (χ4v) is 8.72. The largest absolute Gasteiger partial charge is 0.506 e. The fraction of sp³-hybridized carbons (Fsp3) is 0.350. The number of thiophene rings is 2. The Morgan fingerprint density at radius 1 is 1.00 bits per heavy atom. The van der Waals surface area contributed by atoms with E-state index < -0.39 is 11.6 Å². The minimum Gasteiger partial charge on any atom is -0.506 e. The first kappa shape index (κ1) is 36.7. The van der Waals surface area contributed by atoms with Gasteiger partial charge in [0.15, 0.2) is 0 Å². The molecule has 0 aliphatic heterocycles. The number of nitrogens with zero attached hydrogens (tertiary/aromatic N) is 3. The summed E-state index contributed by atoms with van der Waals surface area (Å²) in [6.45, 7) is 2.31. The third-order valence-corrected chi connectivity index (χ3v) is 12.0. The molecule has 276 valence electrons. The molecule has 53 heavy (non-hydrogen) atoms. The van der Waals surface area contributed by atoms with Crippen molar-refractivity contribution in [1.29, 1.82) is 0 Å². The van der Waals surface area contributed by atoms with E-state index in [0.29, 0.717) is 46.0 Å². The standard InChI is InChI=1S/C40H43N5O6S2/c1-45(29-13-15-30(16-14-29)50-39(48)40(49,33-5-3-23-52-33)34-6-4-24-53-34)22-2-7-36-43-38(44-51-36)28-10-8-26(9-11-28)25-41-21-20-27-12-18-32(46)37-31(27)17-19-35(47)42-37/h3-6,8-12,17-19,23-24,29-30,41,46,49H,2,7,13-16,20-22,25H2,1H3,(H,42,47). The van der Waals surface area contributed by atoms with Crippen LogP contribution in [0.25, 0.3) is 22.3 Å². The number of phenolic OH excluding ortho intramolecular Hbond substituents is 1.